The molecule has 0 fully saturated rings. The Bertz CT molecular complexity index is 814. The zero-order valence-electron chi connectivity index (χ0n) is 20.1. The summed E-state index contributed by atoms with van der Waals surface area (Å²) in [6, 6.07) is 6.40. The number of ether oxygens (including phenoxy) is 3. The Morgan fingerprint density at radius 2 is 1.52 bits per heavy atom. The van der Waals surface area contributed by atoms with Crippen molar-refractivity contribution >= 4 is 23.9 Å². The molecule has 1 aromatic rings. The summed E-state index contributed by atoms with van der Waals surface area (Å²) < 4.78 is 16.1. The molecule has 10 heteroatoms. The molecule has 10 nitrogen and oxygen atoms in total. The lowest BCUT2D eigenvalue weighted by atomic mass is 10.1. The highest BCUT2D eigenvalue weighted by Crippen LogP contribution is 2.12. The van der Waals surface area contributed by atoms with Crippen molar-refractivity contribution in [3.05, 3.63) is 35.9 Å². The minimum atomic E-state index is -1.36. The van der Waals surface area contributed by atoms with Crippen LogP contribution in [-0.2, 0) is 35.2 Å². The first kappa shape index (κ1) is 27.9. The number of nitrogens with one attached hydrogen (secondary N) is 2. The van der Waals surface area contributed by atoms with Crippen LogP contribution in [0.1, 0.15) is 53.5 Å². The molecule has 33 heavy (non-hydrogen) atoms. The second-order valence-corrected chi connectivity index (χ2v) is 9.45. The average Bonchev–Trinajstić information content (AvgIpc) is 2.67. The van der Waals surface area contributed by atoms with Crippen molar-refractivity contribution in [2.75, 3.05) is 6.61 Å². The number of alkyl carbamates (subject to hydrolysis) is 1. The number of primary amides is 1. The Labute approximate surface area is 194 Å². The molecule has 184 valence electrons. The van der Waals surface area contributed by atoms with E-state index < -0.39 is 53.6 Å². The summed E-state index contributed by atoms with van der Waals surface area (Å²) >= 11 is 0. The minimum absolute atomic E-state index is 0.0302. The Balaban J connectivity index is 2.87. The maximum Gasteiger partial charge on any atom is 0.408 e. The van der Waals surface area contributed by atoms with Gasteiger partial charge in [-0.2, -0.15) is 0 Å². The van der Waals surface area contributed by atoms with Crippen LogP contribution in [0, 0.1) is 0 Å². The number of nitrogens with two attached hydrogens (primary N) is 1. The number of esters is 1. The van der Waals surface area contributed by atoms with Gasteiger partial charge in [-0.05, 0) is 47.1 Å². The van der Waals surface area contributed by atoms with Crippen LogP contribution >= 0.6 is 0 Å². The number of rotatable bonds is 10. The lowest BCUT2D eigenvalue weighted by molar-refractivity contribution is -0.162. The smallest absolute Gasteiger partial charge is 0.408 e. The van der Waals surface area contributed by atoms with E-state index in [1.165, 1.54) is 0 Å². The third-order valence-corrected chi connectivity index (χ3v) is 3.92. The maximum absolute atomic E-state index is 12.8. The van der Waals surface area contributed by atoms with Crippen molar-refractivity contribution in [3.8, 4) is 0 Å². The van der Waals surface area contributed by atoms with Crippen LogP contribution in [0.3, 0.4) is 0 Å². The fourth-order valence-corrected chi connectivity index (χ4v) is 2.46. The number of amides is 3. The minimum Gasteiger partial charge on any atom is -0.458 e. The molecular formula is C23H35N3O7. The second-order valence-electron chi connectivity index (χ2n) is 9.45. The molecule has 0 heterocycles. The van der Waals surface area contributed by atoms with Gasteiger partial charge < -0.3 is 30.6 Å². The molecule has 0 aliphatic rings. The molecule has 0 bridgehead atoms. The molecule has 1 aromatic carbocycles. The van der Waals surface area contributed by atoms with E-state index in [1.807, 2.05) is 6.07 Å². The van der Waals surface area contributed by atoms with Crippen molar-refractivity contribution in [1.29, 1.82) is 0 Å². The molecule has 0 spiro atoms. The van der Waals surface area contributed by atoms with Crippen LogP contribution in [0.2, 0.25) is 0 Å². The van der Waals surface area contributed by atoms with Gasteiger partial charge in [-0.1, -0.05) is 30.3 Å². The van der Waals surface area contributed by atoms with Crippen molar-refractivity contribution in [2.45, 2.75) is 77.9 Å². The van der Waals surface area contributed by atoms with Crippen LogP contribution in [0.4, 0.5) is 4.79 Å². The summed E-state index contributed by atoms with van der Waals surface area (Å²) in [6.07, 6.45) is -1.41. The molecule has 0 aliphatic heterocycles. The molecule has 3 amide bonds. The topological polar surface area (TPSA) is 146 Å². The zero-order valence-corrected chi connectivity index (χ0v) is 20.1. The fraction of sp³-hybridized carbons (Fsp3) is 0.565. The quantitative estimate of drug-likeness (QED) is 0.447. The molecule has 0 aliphatic carbocycles. The first-order valence-electron chi connectivity index (χ1n) is 10.6. The molecular weight excluding hydrogens is 430 g/mol. The van der Waals surface area contributed by atoms with E-state index in [0.717, 1.165) is 5.56 Å². The number of carbonyl (C=O) groups excluding carboxylic acids is 4. The summed E-state index contributed by atoms with van der Waals surface area (Å²) in [7, 11) is 0. The van der Waals surface area contributed by atoms with Gasteiger partial charge in [-0.15, -0.1) is 0 Å². The first-order chi connectivity index (χ1) is 15.2. The van der Waals surface area contributed by atoms with Crippen molar-refractivity contribution in [3.63, 3.8) is 0 Å². The van der Waals surface area contributed by atoms with Crippen LogP contribution < -0.4 is 16.4 Å². The highest BCUT2D eigenvalue weighted by Gasteiger charge is 2.32. The van der Waals surface area contributed by atoms with Gasteiger partial charge in [0.15, 0.2) is 6.04 Å². The summed E-state index contributed by atoms with van der Waals surface area (Å²) in [5, 5.41) is 4.80. The highest BCUT2D eigenvalue weighted by atomic mass is 16.6. The van der Waals surface area contributed by atoms with E-state index in [-0.39, 0.29) is 13.2 Å². The van der Waals surface area contributed by atoms with Gasteiger partial charge in [0.1, 0.15) is 18.2 Å². The zero-order chi connectivity index (χ0) is 25.2. The number of carbonyl (C=O) groups is 4. The van der Waals surface area contributed by atoms with Crippen molar-refractivity contribution in [2.24, 2.45) is 5.73 Å². The summed E-state index contributed by atoms with van der Waals surface area (Å²) in [6.45, 7) is 10.2. The average molecular weight is 466 g/mol. The van der Waals surface area contributed by atoms with Gasteiger partial charge >= 0.3 is 12.1 Å². The Hall–Kier alpha value is -3.14. The van der Waals surface area contributed by atoms with Crippen LogP contribution in [0.5, 0.6) is 0 Å². The van der Waals surface area contributed by atoms with E-state index in [0.29, 0.717) is 0 Å². The predicted molar refractivity (Wildman–Crippen MR) is 121 cm³/mol. The van der Waals surface area contributed by atoms with Crippen LogP contribution in [0.15, 0.2) is 30.3 Å². The number of hydrogen-bond acceptors (Lipinski definition) is 7. The maximum atomic E-state index is 12.8. The Morgan fingerprint density at radius 3 is 2.03 bits per heavy atom. The lowest BCUT2D eigenvalue weighted by Gasteiger charge is -2.28. The SMILES string of the molecule is CC(C)(C)OC[C@@H](NC(=O)[C@H](CC(N)=O)NC(=O)OCc1ccccc1)C(=O)OC(C)(C)C. The highest BCUT2D eigenvalue weighted by molar-refractivity contribution is 5.93. The van der Waals surface area contributed by atoms with Gasteiger partial charge in [0.25, 0.3) is 0 Å². The first-order valence-corrected chi connectivity index (χ1v) is 10.6. The molecule has 0 saturated carbocycles. The monoisotopic (exact) mass is 465 g/mol. The second kappa shape index (κ2) is 12.2. The van der Waals surface area contributed by atoms with Crippen molar-refractivity contribution < 1.29 is 33.4 Å². The molecule has 0 radical (unpaired) electrons. The Morgan fingerprint density at radius 1 is 0.909 bits per heavy atom. The lowest BCUT2D eigenvalue weighted by Crippen LogP contribution is -2.55. The van der Waals surface area contributed by atoms with E-state index in [2.05, 4.69) is 10.6 Å². The summed E-state index contributed by atoms with van der Waals surface area (Å²) in [4.78, 5) is 49.1. The van der Waals surface area contributed by atoms with E-state index in [9.17, 15) is 19.2 Å². The third kappa shape index (κ3) is 12.5. The molecule has 0 saturated heterocycles. The van der Waals surface area contributed by atoms with E-state index >= 15 is 0 Å². The predicted octanol–water partition coefficient (Wildman–Crippen LogP) is 1.80. The van der Waals surface area contributed by atoms with Gasteiger partial charge in [-0.3, -0.25) is 9.59 Å². The molecule has 2 atom stereocenters. The number of hydrogen-bond donors (Lipinski definition) is 3. The van der Waals surface area contributed by atoms with Crippen LogP contribution in [-0.4, -0.2) is 53.8 Å². The van der Waals surface area contributed by atoms with Gasteiger partial charge in [0.2, 0.25) is 11.8 Å². The van der Waals surface area contributed by atoms with E-state index in [4.69, 9.17) is 19.9 Å². The molecule has 0 unspecified atom stereocenters. The largest absolute Gasteiger partial charge is 0.458 e. The molecule has 4 N–H and O–H groups in total. The molecule has 1 rings (SSSR count). The van der Waals surface area contributed by atoms with E-state index in [1.54, 1.807) is 65.8 Å². The standard InChI is InChI=1S/C23H35N3O7/c1-22(2,3)32-14-17(20(29)33-23(4,5)6)25-19(28)16(12-18(24)27)26-21(30)31-13-15-10-8-7-9-11-15/h7-11,16-17H,12-14H2,1-6H3,(H2,24,27)(H,25,28)(H,26,30)/t16-,17+/m0/s1. The van der Waals surface area contributed by atoms with Gasteiger partial charge in [0, 0.05) is 0 Å². The van der Waals surface area contributed by atoms with Crippen LogP contribution in [0.25, 0.3) is 0 Å². The third-order valence-electron chi connectivity index (χ3n) is 3.92. The molecule has 0 aromatic heterocycles. The normalized spacial score (nSPS) is 13.4. The van der Waals surface area contributed by atoms with Gasteiger partial charge in [0.05, 0.1) is 18.6 Å². The fourth-order valence-electron chi connectivity index (χ4n) is 2.46. The summed E-state index contributed by atoms with van der Waals surface area (Å²) in [5.41, 5.74) is 4.59. The summed E-state index contributed by atoms with van der Waals surface area (Å²) in [5.74, 6) is -2.35. The number of benzene rings is 1. The van der Waals surface area contributed by atoms with Crippen molar-refractivity contribution in [1.82, 2.24) is 10.6 Å². The Kier molecular flexibility index (Phi) is 10.3. The van der Waals surface area contributed by atoms with Gasteiger partial charge in [-0.25, -0.2) is 9.59 Å².